The molecule has 2 rings (SSSR count). The number of nitrogens with two attached hydrogens (primary N) is 1. The Bertz CT molecular complexity index is 1040. The number of esters is 1. The maximum absolute atomic E-state index is 14.6. The summed E-state index contributed by atoms with van der Waals surface area (Å²) >= 11 is 5.65. The van der Waals surface area contributed by atoms with Crippen molar-refractivity contribution < 1.29 is 27.8 Å². The fourth-order valence-electron chi connectivity index (χ4n) is 3.43. The number of methoxy groups -OCH3 is 1. The molecule has 2 aromatic rings. The van der Waals surface area contributed by atoms with Gasteiger partial charge in [0.15, 0.2) is 0 Å². The number of amides is 1. The molecule has 0 radical (unpaired) electrons. The summed E-state index contributed by atoms with van der Waals surface area (Å²) in [5.41, 5.74) is 5.77. The Morgan fingerprint density at radius 2 is 1.58 bits per heavy atom. The fourth-order valence-corrected chi connectivity index (χ4v) is 3.55. The highest BCUT2D eigenvalue weighted by Crippen LogP contribution is 2.26. The number of ether oxygens (including phenoxy) is 2. The van der Waals surface area contributed by atoms with Crippen LogP contribution in [0, 0.1) is 11.6 Å². The van der Waals surface area contributed by atoms with E-state index in [0.29, 0.717) is 18.7 Å². The van der Waals surface area contributed by atoms with E-state index in [9.17, 15) is 18.4 Å². The first kappa shape index (κ1) is 31.2. The van der Waals surface area contributed by atoms with Gasteiger partial charge in [-0.25, -0.2) is 18.4 Å². The zero-order chi connectivity index (χ0) is 27.8. The zero-order valence-corrected chi connectivity index (χ0v) is 22.3. The number of unbranched alkanes of at least 4 members (excludes halogenated alkanes) is 1. The first-order chi connectivity index (χ1) is 18.3. The number of hydrogen-bond donors (Lipinski definition) is 5. The molecule has 0 aliphatic rings. The fraction of sp³-hybridized carbons (Fsp3) is 0.462. The molecule has 0 unspecified atom stereocenters. The average Bonchev–Trinajstić information content (AvgIpc) is 2.90. The van der Waals surface area contributed by atoms with Crippen LogP contribution < -0.4 is 27.0 Å². The SMILES string of the molecule is COC(=O)c1cc(F)c(NCCCNCCCCNCCCN)cc1NC(=O)OCc1ccc(Cl)c(F)c1. The van der Waals surface area contributed by atoms with Crippen molar-refractivity contribution >= 4 is 35.0 Å². The molecule has 0 aromatic heterocycles. The number of carbonyl (C=O) groups is 2. The lowest BCUT2D eigenvalue weighted by Gasteiger charge is -2.14. The van der Waals surface area contributed by atoms with E-state index in [0.717, 1.165) is 71.1 Å². The number of hydrogen-bond acceptors (Lipinski definition) is 8. The highest BCUT2D eigenvalue weighted by molar-refractivity contribution is 6.30. The summed E-state index contributed by atoms with van der Waals surface area (Å²) in [6.07, 6.45) is 2.91. The van der Waals surface area contributed by atoms with Gasteiger partial charge in [-0.1, -0.05) is 17.7 Å². The van der Waals surface area contributed by atoms with E-state index in [-0.39, 0.29) is 28.6 Å². The monoisotopic (exact) mass is 555 g/mol. The van der Waals surface area contributed by atoms with E-state index in [1.807, 2.05) is 0 Å². The molecule has 9 nitrogen and oxygen atoms in total. The van der Waals surface area contributed by atoms with Crippen LogP contribution in [-0.4, -0.2) is 58.4 Å². The first-order valence-electron chi connectivity index (χ1n) is 12.5. The van der Waals surface area contributed by atoms with Gasteiger partial charge in [0.05, 0.1) is 29.1 Å². The normalized spacial score (nSPS) is 10.8. The van der Waals surface area contributed by atoms with Crippen LogP contribution in [0.3, 0.4) is 0 Å². The van der Waals surface area contributed by atoms with E-state index in [4.69, 9.17) is 26.8 Å². The maximum atomic E-state index is 14.6. The molecule has 0 saturated carbocycles. The second kappa shape index (κ2) is 17.5. The molecular weight excluding hydrogens is 520 g/mol. The Kier molecular flexibility index (Phi) is 14.4. The van der Waals surface area contributed by atoms with Crippen molar-refractivity contribution in [2.75, 3.05) is 57.0 Å². The van der Waals surface area contributed by atoms with Gasteiger partial charge in [0, 0.05) is 6.54 Å². The topological polar surface area (TPSA) is 127 Å². The number of nitrogens with one attached hydrogen (secondary N) is 4. The van der Waals surface area contributed by atoms with Gasteiger partial charge < -0.3 is 31.2 Å². The minimum Gasteiger partial charge on any atom is -0.465 e. The van der Waals surface area contributed by atoms with Gasteiger partial charge in [0.2, 0.25) is 0 Å². The van der Waals surface area contributed by atoms with Crippen LogP contribution in [0.25, 0.3) is 0 Å². The molecule has 0 saturated heterocycles. The highest BCUT2D eigenvalue weighted by Gasteiger charge is 2.19. The Labute approximate surface area is 226 Å². The smallest absolute Gasteiger partial charge is 0.411 e. The summed E-state index contributed by atoms with van der Waals surface area (Å²) in [5.74, 6) is -2.14. The van der Waals surface area contributed by atoms with Crippen LogP contribution in [0.5, 0.6) is 0 Å². The molecule has 38 heavy (non-hydrogen) atoms. The molecular formula is C26H36ClF2N5O4. The Morgan fingerprint density at radius 3 is 2.24 bits per heavy atom. The predicted octanol–water partition coefficient (Wildman–Crippen LogP) is 4.26. The number of carbonyl (C=O) groups excluding carboxylic acids is 2. The van der Waals surface area contributed by atoms with E-state index >= 15 is 0 Å². The molecule has 210 valence electrons. The number of rotatable bonds is 17. The van der Waals surface area contributed by atoms with Gasteiger partial charge in [-0.15, -0.1) is 0 Å². The lowest BCUT2D eigenvalue weighted by atomic mass is 10.1. The summed E-state index contributed by atoms with van der Waals surface area (Å²) in [4.78, 5) is 24.5. The second-order valence-corrected chi connectivity index (χ2v) is 8.86. The van der Waals surface area contributed by atoms with Gasteiger partial charge in [-0.2, -0.15) is 0 Å². The molecule has 0 aliphatic carbocycles. The summed E-state index contributed by atoms with van der Waals surface area (Å²) in [7, 11) is 1.15. The third-order valence-corrected chi connectivity index (χ3v) is 5.77. The van der Waals surface area contributed by atoms with Crippen LogP contribution in [0.15, 0.2) is 30.3 Å². The van der Waals surface area contributed by atoms with Crippen molar-refractivity contribution in [1.29, 1.82) is 0 Å². The Hall–Kier alpha value is -2.99. The minimum atomic E-state index is -0.915. The van der Waals surface area contributed by atoms with Crippen molar-refractivity contribution in [2.45, 2.75) is 32.3 Å². The lowest BCUT2D eigenvalue weighted by Crippen LogP contribution is -2.22. The number of benzene rings is 2. The van der Waals surface area contributed by atoms with Crippen LogP contribution in [-0.2, 0) is 16.1 Å². The number of halogens is 3. The molecule has 0 heterocycles. The Morgan fingerprint density at radius 1 is 0.895 bits per heavy atom. The predicted molar refractivity (Wildman–Crippen MR) is 145 cm³/mol. The number of anilines is 2. The third kappa shape index (κ3) is 11.2. The largest absolute Gasteiger partial charge is 0.465 e. The van der Waals surface area contributed by atoms with Crippen LogP contribution >= 0.6 is 11.6 Å². The van der Waals surface area contributed by atoms with Gasteiger partial charge in [-0.05, 0) is 88.2 Å². The standard InChI is InChI=1S/C26H36ClF2N5O4/c1-37-25(35)19-15-22(29)24(33-13-5-12-32-10-3-2-9-31-11-4-8-30)16-23(19)34-26(36)38-17-18-6-7-20(27)21(28)14-18/h6-7,14-16,31-33H,2-5,8-13,17,30H2,1H3,(H,34,36). The van der Waals surface area contributed by atoms with Crippen LogP contribution in [0.4, 0.5) is 25.0 Å². The van der Waals surface area contributed by atoms with Gasteiger partial charge in [-0.3, -0.25) is 5.32 Å². The summed E-state index contributed by atoms with van der Waals surface area (Å²) < 4.78 is 38.0. The van der Waals surface area contributed by atoms with Crippen molar-refractivity contribution in [3.8, 4) is 0 Å². The molecule has 12 heteroatoms. The molecule has 0 aliphatic heterocycles. The summed E-state index contributed by atoms with van der Waals surface area (Å²) in [6.45, 7) is 4.47. The molecule has 1 amide bonds. The van der Waals surface area contributed by atoms with Gasteiger partial charge >= 0.3 is 12.1 Å². The maximum Gasteiger partial charge on any atom is 0.411 e. The van der Waals surface area contributed by atoms with Crippen molar-refractivity contribution in [1.82, 2.24) is 10.6 Å². The van der Waals surface area contributed by atoms with Gasteiger partial charge in [0.25, 0.3) is 0 Å². The average molecular weight is 556 g/mol. The quantitative estimate of drug-likeness (QED) is 0.145. The van der Waals surface area contributed by atoms with Crippen LogP contribution in [0.1, 0.15) is 41.6 Å². The zero-order valence-electron chi connectivity index (χ0n) is 21.5. The van der Waals surface area contributed by atoms with Crippen LogP contribution in [0.2, 0.25) is 5.02 Å². The van der Waals surface area contributed by atoms with E-state index in [1.54, 1.807) is 0 Å². The first-order valence-corrected chi connectivity index (χ1v) is 12.9. The molecule has 6 N–H and O–H groups in total. The van der Waals surface area contributed by atoms with E-state index in [1.165, 1.54) is 18.2 Å². The third-order valence-electron chi connectivity index (χ3n) is 5.46. The van der Waals surface area contributed by atoms with E-state index < -0.39 is 23.7 Å². The highest BCUT2D eigenvalue weighted by atomic mass is 35.5. The Balaban J connectivity index is 1.83. The minimum absolute atomic E-state index is 0.00577. The molecule has 0 fully saturated rings. The summed E-state index contributed by atoms with van der Waals surface area (Å²) in [5, 5.41) is 12.0. The van der Waals surface area contributed by atoms with Crippen molar-refractivity contribution in [2.24, 2.45) is 5.73 Å². The van der Waals surface area contributed by atoms with E-state index in [2.05, 4.69) is 21.3 Å². The molecule has 0 atom stereocenters. The second-order valence-electron chi connectivity index (χ2n) is 8.45. The molecule has 0 spiro atoms. The molecule has 0 bridgehead atoms. The summed E-state index contributed by atoms with van der Waals surface area (Å²) in [6, 6.07) is 6.29. The molecule has 2 aromatic carbocycles. The lowest BCUT2D eigenvalue weighted by molar-refractivity contribution is 0.0601. The van der Waals surface area contributed by atoms with Crippen molar-refractivity contribution in [3.63, 3.8) is 0 Å². The van der Waals surface area contributed by atoms with Crippen molar-refractivity contribution in [3.05, 3.63) is 58.1 Å². The van der Waals surface area contributed by atoms with Gasteiger partial charge in [0.1, 0.15) is 18.2 Å².